The SMILES string of the molecule is CCC(C)(C)C(=O)Oc1c(F)c(F)cc(F)c1F. The fraction of sp³-hybridized carbons (Fsp3) is 0.417. The molecule has 18 heavy (non-hydrogen) atoms. The van der Waals surface area contributed by atoms with Gasteiger partial charge in [-0.2, -0.15) is 8.78 Å². The lowest BCUT2D eigenvalue weighted by molar-refractivity contribution is -0.144. The first-order valence-electron chi connectivity index (χ1n) is 5.26. The predicted molar refractivity (Wildman–Crippen MR) is 56.0 cm³/mol. The van der Waals surface area contributed by atoms with Crippen LogP contribution in [-0.4, -0.2) is 5.97 Å². The molecule has 0 aliphatic rings. The van der Waals surface area contributed by atoms with Gasteiger partial charge >= 0.3 is 5.97 Å². The highest BCUT2D eigenvalue weighted by molar-refractivity contribution is 5.78. The van der Waals surface area contributed by atoms with Gasteiger partial charge in [0.2, 0.25) is 17.4 Å². The number of carbonyl (C=O) groups is 1. The van der Waals surface area contributed by atoms with E-state index in [-0.39, 0.29) is 6.07 Å². The molecule has 1 rings (SSSR count). The molecule has 0 amide bonds. The first-order chi connectivity index (χ1) is 8.20. The van der Waals surface area contributed by atoms with Crippen LogP contribution in [0.1, 0.15) is 27.2 Å². The number of carbonyl (C=O) groups excluding carboxylic acids is 1. The Kier molecular flexibility index (Phi) is 3.98. The Morgan fingerprint density at radius 2 is 1.61 bits per heavy atom. The standard InChI is InChI=1S/C12H12F4O2/c1-4-12(2,3)11(17)18-10-8(15)6(13)5-7(14)9(10)16/h5H,4H2,1-3H3. The van der Waals surface area contributed by atoms with E-state index >= 15 is 0 Å². The van der Waals surface area contributed by atoms with Gasteiger partial charge in [0.25, 0.3) is 0 Å². The van der Waals surface area contributed by atoms with Crippen LogP contribution in [0.15, 0.2) is 6.07 Å². The molecule has 0 unspecified atom stereocenters. The molecule has 0 bridgehead atoms. The van der Waals surface area contributed by atoms with Gasteiger partial charge in [-0.25, -0.2) is 8.78 Å². The van der Waals surface area contributed by atoms with Gasteiger partial charge in [0.05, 0.1) is 5.41 Å². The van der Waals surface area contributed by atoms with Crippen LogP contribution in [0.3, 0.4) is 0 Å². The van der Waals surface area contributed by atoms with Crippen molar-refractivity contribution in [2.45, 2.75) is 27.2 Å². The molecule has 0 atom stereocenters. The number of hydrogen-bond acceptors (Lipinski definition) is 2. The van der Waals surface area contributed by atoms with Gasteiger partial charge in [-0.15, -0.1) is 0 Å². The second-order valence-electron chi connectivity index (χ2n) is 4.42. The Labute approximate surface area is 102 Å². The summed E-state index contributed by atoms with van der Waals surface area (Å²) >= 11 is 0. The minimum Gasteiger partial charge on any atom is -0.420 e. The van der Waals surface area contributed by atoms with E-state index in [0.717, 1.165) is 0 Å². The van der Waals surface area contributed by atoms with Crippen molar-refractivity contribution >= 4 is 5.97 Å². The summed E-state index contributed by atoms with van der Waals surface area (Å²) in [7, 11) is 0. The van der Waals surface area contributed by atoms with Gasteiger partial charge in [-0.3, -0.25) is 4.79 Å². The van der Waals surface area contributed by atoms with Crippen LogP contribution in [0.4, 0.5) is 17.6 Å². The topological polar surface area (TPSA) is 26.3 Å². The maximum Gasteiger partial charge on any atom is 0.317 e. The van der Waals surface area contributed by atoms with Gasteiger partial charge in [0.1, 0.15) is 0 Å². The summed E-state index contributed by atoms with van der Waals surface area (Å²) in [6, 6.07) is 0.0486. The van der Waals surface area contributed by atoms with Gasteiger partial charge in [-0.05, 0) is 20.3 Å². The number of hydrogen-bond donors (Lipinski definition) is 0. The molecule has 1 aromatic rings. The molecule has 0 heterocycles. The molecule has 6 heteroatoms. The monoisotopic (exact) mass is 264 g/mol. The summed E-state index contributed by atoms with van der Waals surface area (Å²) in [6.07, 6.45) is 0.340. The van der Waals surface area contributed by atoms with Gasteiger partial charge < -0.3 is 4.74 Å². The smallest absolute Gasteiger partial charge is 0.317 e. The maximum absolute atomic E-state index is 13.2. The highest BCUT2D eigenvalue weighted by Crippen LogP contribution is 2.29. The number of ether oxygens (including phenoxy) is 1. The Morgan fingerprint density at radius 3 is 2.00 bits per heavy atom. The summed E-state index contributed by atoms with van der Waals surface area (Å²) in [5.41, 5.74) is -1.01. The Hall–Kier alpha value is -1.59. The summed E-state index contributed by atoms with van der Waals surface area (Å²) in [5.74, 6) is -9.01. The highest BCUT2D eigenvalue weighted by atomic mass is 19.2. The van der Waals surface area contributed by atoms with E-state index in [1.54, 1.807) is 6.92 Å². The zero-order chi connectivity index (χ0) is 14.1. The molecular weight excluding hydrogens is 252 g/mol. The molecule has 0 aliphatic carbocycles. The molecule has 0 fully saturated rings. The molecule has 0 saturated carbocycles. The van der Waals surface area contributed by atoms with Crippen molar-refractivity contribution in [1.82, 2.24) is 0 Å². The lowest BCUT2D eigenvalue weighted by Crippen LogP contribution is -2.29. The van der Waals surface area contributed by atoms with Crippen LogP contribution in [0, 0.1) is 28.7 Å². The third kappa shape index (κ3) is 2.63. The highest BCUT2D eigenvalue weighted by Gasteiger charge is 2.31. The van der Waals surface area contributed by atoms with E-state index in [4.69, 9.17) is 0 Å². The second-order valence-corrected chi connectivity index (χ2v) is 4.42. The van der Waals surface area contributed by atoms with Crippen molar-refractivity contribution in [3.63, 3.8) is 0 Å². The van der Waals surface area contributed by atoms with E-state index in [9.17, 15) is 22.4 Å². The predicted octanol–water partition coefficient (Wildman–Crippen LogP) is 3.58. The largest absolute Gasteiger partial charge is 0.420 e. The Balaban J connectivity index is 3.16. The maximum atomic E-state index is 13.2. The summed E-state index contributed by atoms with van der Waals surface area (Å²) < 4.78 is 56.6. The Bertz CT molecular complexity index is 457. The molecule has 0 N–H and O–H groups in total. The van der Waals surface area contributed by atoms with E-state index in [2.05, 4.69) is 4.74 Å². The number of esters is 1. The van der Waals surface area contributed by atoms with Crippen molar-refractivity contribution < 1.29 is 27.1 Å². The third-order valence-corrected chi connectivity index (χ3v) is 2.70. The first-order valence-corrected chi connectivity index (χ1v) is 5.26. The first kappa shape index (κ1) is 14.5. The molecule has 2 nitrogen and oxygen atoms in total. The van der Waals surface area contributed by atoms with E-state index in [1.165, 1.54) is 13.8 Å². The summed E-state index contributed by atoms with van der Waals surface area (Å²) in [5, 5.41) is 0. The van der Waals surface area contributed by atoms with Crippen molar-refractivity contribution in [1.29, 1.82) is 0 Å². The third-order valence-electron chi connectivity index (χ3n) is 2.70. The van der Waals surface area contributed by atoms with Crippen LogP contribution >= 0.6 is 0 Å². The van der Waals surface area contributed by atoms with Crippen molar-refractivity contribution in [2.75, 3.05) is 0 Å². The van der Waals surface area contributed by atoms with E-state index in [0.29, 0.717) is 6.42 Å². The molecule has 0 saturated heterocycles. The molecule has 1 aromatic carbocycles. The molecule has 0 spiro atoms. The summed E-state index contributed by atoms with van der Waals surface area (Å²) in [4.78, 5) is 11.6. The van der Waals surface area contributed by atoms with Crippen molar-refractivity contribution in [2.24, 2.45) is 5.41 Å². The lowest BCUT2D eigenvalue weighted by Gasteiger charge is -2.20. The molecule has 0 aliphatic heterocycles. The van der Waals surface area contributed by atoms with Gasteiger partial charge in [-0.1, -0.05) is 6.92 Å². The average molecular weight is 264 g/mol. The van der Waals surface area contributed by atoms with E-state index < -0.39 is 40.4 Å². The zero-order valence-electron chi connectivity index (χ0n) is 10.1. The van der Waals surface area contributed by atoms with Crippen molar-refractivity contribution in [3.8, 4) is 5.75 Å². The van der Waals surface area contributed by atoms with Gasteiger partial charge in [0.15, 0.2) is 11.6 Å². The van der Waals surface area contributed by atoms with Crippen LogP contribution in [0.5, 0.6) is 5.75 Å². The Morgan fingerprint density at radius 1 is 1.17 bits per heavy atom. The van der Waals surface area contributed by atoms with Gasteiger partial charge in [0, 0.05) is 6.07 Å². The van der Waals surface area contributed by atoms with Crippen LogP contribution < -0.4 is 4.74 Å². The summed E-state index contributed by atoms with van der Waals surface area (Å²) in [6.45, 7) is 4.64. The van der Waals surface area contributed by atoms with Crippen LogP contribution in [-0.2, 0) is 4.79 Å². The fourth-order valence-electron chi connectivity index (χ4n) is 1.02. The minimum atomic E-state index is -1.73. The second kappa shape index (κ2) is 4.96. The average Bonchev–Trinajstić information content (AvgIpc) is 2.31. The van der Waals surface area contributed by atoms with Crippen molar-refractivity contribution in [3.05, 3.63) is 29.3 Å². The molecule has 0 aromatic heterocycles. The number of rotatable bonds is 3. The lowest BCUT2D eigenvalue weighted by atomic mass is 9.91. The van der Waals surface area contributed by atoms with Crippen LogP contribution in [0.2, 0.25) is 0 Å². The molecular formula is C12H12F4O2. The fourth-order valence-corrected chi connectivity index (χ4v) is 1.02. The zero-order valence-corrected chi connectivity index (χ0v) is 10.1. The number of benzene rings is 1. The normalized spacial score (nSPS) is 11.5. The molecule has 100 valence electrons. The number of halogens is 4. The quantitative estimate of drug-likeness (QED) is 0.361. The minimum absolute atomic E-state index is 0.0486. The molecule has 0 radical (unpaired) electrons. The van der Waals surface area contributed by atoms with Crippen LogP contribution in [0.25, 0.3) is 0 Å². The van der Waals surface area contributed by atoms with E-state index in [1.807, 2.05) is 0 Å².